The molecule has 0 unspecified atom stereocenters. The molecule has 3 nitrogen and oxygen atoms in total. The molecule has 0 atom stereocenters. The number of rotatable bonds is 1. The van der Waals surface area contributed by atoms with E-state index in [0.29, 0.717) is 5.15 Å². The number of aromatic amines is 1. The molecule has 60 valence electrons. The summed E-state index contributed by atoms with van der Waals surface area (Å²) in [6, 6.07) is 0. The number of hydrogen-bond acceptors (Lipinski definition) is 2. The Kier molecular flexibility index (Phi) is 1.74. The number of anilines is 1. The highest BCUT2D eigenvalue weighted by Crippen LogP contribution is 2.23. The minimum atomic E-state index is 0.590. The summed E-state index contributed by atoms with van der Waals surface area (Å²) in [6.45, 7) is 2.20. The highest BCUT2D eigenvalue weighted by molar-refractivity contribution is 6.31. The first-order valence-corrected chi connectivity index (χ1v) is 4.19. The molecular weight excluding hydrogens is 162 g/mol. The van der Waals surface area contributed by atoms with Gasteiger partial charge >= 0.3 is 0 Å². The summed E-state index contributed by atoms with van der Waals surface area (Å²) in [4.78, 5) is 9.19. The fourth-order valence-corrected chi connectivity index (χ4v) is 1.66. The Bertz CT molecular complexity index is 240. The Morgan fingerprint density at radius 3 is 2.73 bits per heavy atom. The van der Waals surface area contributed by atoms with Crippen molar-refractivity contribution in [2.45, 2.75) is 12.8 Å². The summed E-state index contributed by atoms with van der Waals surface area (Å²) in [5.74, 6) is 0.976. The lowest BCUT2D eigenvalue weighted by atomic mass is 10.4. The van der Waals surface area contributed by atoms with E-state index in [1.54, 1.807) is 6.33 Å². The molecule has 1 saturated heterocycles. The Balaban J connectivity index is 2.21. The van der Waals surface area contributed by atoms with Gasteiger partial charge in [-0.2, -0.15) is 0 Å². The second-order valence-electron chi connectivity index (χ2n) is 2.74. The standard InChI is InChI=1S/C7H10ClN3/c8-6-7(10-5-9-6)11-3-1-2-4-11/h5H,1-4H2,(H,9,10). The Morgan fingerprint density at radius 1 is 1.45 bits per heavy atom. The number of imidazole rings is 1. The Labute approximate surface area is 70.4 Å². The molecule has 1 aliphatic rings. The third kappa shape index (κ3) is 1.20. The van der Waals surface area contributed by atoms with Crippen LogP contribution in [0, 0.1) is 0 Å². The molecule has 0 spiro atoms. The predicted molar refractivity (Wildman–Crippen MR) is 45.0 cm³/mol. The molecule has 1 aromatic rings. The molecule has 1 aliphatic heterocycles. The van der Waals surface area contributed by atoms with Crippen molar-refractivity contribution in [1.29, 1.82) is 0 Å². The molecule has 1 fully saturated rings. The maximum absolute atomic E-state index is 5.84. The number of aromatic nitrogens is 2. The number of H-pyrrole nitrogens is 1. The third-order valence-electron chi connectivity index (χ3n) is 2.00. The number of nitrogens with one attached hydrogen (secondary N) is 1. The van der Waals surface area contributed by atoms with Crippen molar-refractivity contribution >= 4 is 17.4 Å². The molecule has 0 radical (unpaired) electrons. The fourth-order valence-electron chi connectivity index (χ4n) is 1.43. The summed E-state index contributed by atoms with van der Waals surface area (Å²) in [6.07, 6.45) is 4.15. The van der Waals surface area contributed by atoms with E-state index in [1.807, 2.05) is 0 Å². The van der Waals surface area contributed by atoms with Crippen LogP contribution in [0.4, 0.5) is 5.82 Å². The molecular formula is C7H10ClN3. The second kappa shape index (κ2) is 2.74. The first-order chi connectivity index (χ1) is 5.38. The van der Waals surface area contributed by atoms with Crippen molar-refractivity contribution in [3.63, 3.8) is 0 Å². The van der Waals surface area contributed by atoms with E-state index in [9.17, 15) is 0 Å². The average molecular weight is 172 g/mol. The first kappa shape index (κ1) is 6.98. The molecule has 11 heavy (non-hydrogen) atoms. The maximum Gasteiger partial charge on any atom is 0.171 e. The van der Waals surface area contributed by atoms with E-state index in [2.05, 4.69) is 14.9 Å². The van der Waals surface area contributed by atoms with Crippen LogP contribution in [0.2, 0.25) is 5.15 Å². The molecule has 0 bridgehead atoms. The van der Waals surface area contributed by atoms with Crippen molar-refractivity contribution in [1.82, 2.24) is 9.97 Å². The number of halogens is 1. The first-order valence-electron chi connectivity index (χ1n) is 3.82. The van der Waals surface area contributed by atoms with Crippen LogP contribution in [0.25, 0.3) is 0 Å². The van der Waals surface area contributed by atoms with Crippen molar-refractivity contribution < 1.29 is 0 Å². The van der Waals surface area contributed by atoms with Gasteiger partial charge < -0.3 is 9.88 Å². The van der Waals surface area contributed by atoms with Gasteiger partial charge in [-0.3, -0.25) is 0 Å². The quantitative estimate of drug-likeness (QED) is 0.697. The number of nitrogens with zero attached hydrogens (tertiary/aromatic N) is 2. The molecule has 4 heteroatoms. The van der Waals surface area contributed by atoms with Gasteiger partial charge in [0, 0.05) is 13.1 Å². The minimum absolute atomic E-state index is 0.590. The monoisotopic (exact) mass is 171 g/mol. The third-order valence-corrected chi connectivity index (χ3v) is 2.27. The average Bonchev–Trinajstić information content (AvgIpc) is 2.55. The Morgan fingerprint density at radius 2 is 2.18 bits per heavy atom. The van der Waals surface area contributed by atoms with Gasteiger partial charge in [-0.1, -0.05) is 11.6 Å². The molecule has 2 rings (SSSR count). The lowest BCUT2D eigenvalue weighted by molar-refractivity contribution is 0.946. The lowest BCUT2D eigenvalue weighted by Gasteiger charge is -2.14. The van der Waals surface area contributed by atoms with Crippen molar-refractivity contribution in [2.24, 2.45) is 0 Å². The zero-order valence-corrected chi connectivity index (χ0v) is 6.93. The molecule has 0 saturated carbocycles. The van der Waals surface area contributed by atoms with E-state index >= 15 is 0 Å². The van der Waals surface area contributed by atoms with Crippen LogP contribution >= 0.6 is 11.6 Å². The number of hydrogen-bond donors (Lipinski definition) is 1. The zero-order valence-electron chi connectivity index (χ0n) is 6.18. The van der Waals surface area contributed by atoms with Crippen LogP contribution in [-0.2, 0) is 0 Å². The SMILES string of the molecule is Clc1nc[nH]c1N1CCCC1. The summed E-state index contributed by atoms with van der Waals surface area (Å²) in [5, 5.41) is 0.590. The summed E-state index contributed by atoms with van der Waals surface area (Å²) >= 11 is 5.84. The maximum atomic E-state index is 5.84. The highest BCUT2D eigenvalue weighted by Gasteiger charge is 2.16. The molecule has 0 amide bonds. The van der Waals surface area contributed by atoms with Crippen LogP contribution < -0.4 is 4.90 Å². The smallest absolute Gasteiger partial charge is 0.171 e. The fraction of sp³-hybridized carbons (Fsp3) is 0.571. The van der Waals surface area contributed by atoms with E-state index < -0.39 is 0 Å². The topological polar surface area (TPSA) is 31.9 Å². The molecule has 0 aromatic carbocycles. The van der Waals surface area contributed by atoms with Gasteiger partial charge in [-0.05, 0) is 12.8 Å². The second-order valence-corrected chi connectivity index (χ2v) is 3.09. The van der Waals surface area contributed by atoms with Crippen molar-refractivity contribution in [2.75, 3.05) is 18.0 Å². The van der Waals surface area contributed by atoms with Gasteiger partial charge in [0.05, 0.1) is 6.33 Å². The molecule has 1 aromatic heterocycles. The van der Waals surface area contributed by atoms with Crippen LogP contribution in [0.5, 0.6) is 0 Å². The zero-order chi connectivity index (χ0) is 7.68. The molecule has 0 aliphatic carbocycles. The van der Waals surface area contributed by atoms with Gasteiger partial charge in [0.1, 0.15) is 5.82 Å². The highest BCUT2D eigenvalue weighted by atomic mass is 35.5. The van der Waals surface area contributed by atoms with Gasteiger partial charge in [0.2, 0.25) is 0 Å². The van der Waals surface area contributed by atoms with E-state index in [4.69, 9.17) is 11.6 Å². The Hall–Kier alpha value is -0.700. The van der Waals surface area contributed by atoms with Crippen LogP contribution in [0.1, 0.15) is 12.8 Å². The molecule has 2 heterocycles. The summed E-state index contributed by atoms with van der Waals surface area (Å²) < 4.78 is 0. The predicted octanol–water partition coefficient (Wildman–Crippen LogP) is 1.66. The lowest BCUT2D eigenvalue weighted by Crippen LogP contribution is -2.18. The summed E-state index contributed by atoms with van der Waals surface area (Å²) in [5.41, 5.74) is 0. The van der Waals surface area contributed by atoms with Crippen molar-refractivity contribution in [3.05, 3.63) is 11.5 Å². The molecule has 1 N–H and O–H groups in total. The van der Waals surface area contributed by atoms with Crippen LogP contribution in [0.15, 0.2) is 6.33 Å². The largest absolute Gasteiger partial charge is 0.356 e. The van der Waals surface area contributed by atoms with E-state index in [-0.39, 0.29) is 0 Å². The van der Waals surface area contributed by atoms with Crippen LogP contribution in [-0.4, -0.2) is 23.1 Å². The normalized spacial score (nSPS) is 17.7. The van der Waals surface area contributed by atoms with Gasteiger partial charge in [-0.15, -0.1) is 0 Å². The van der Waals surface area contributed by atoms with Crippen LogP contribution in [0.3, 0.4) is 0 Å². The summed E-state index contributed by atoms with van der Waals surface area (Å²) in [7, 11) is 0. The van der Waals surface area contributed by atoms with Crippen molar-refractivity contribution in [3.8, 4) is 0 Å². The van der Waals surface area contributed by atoms with E-state index in [1.165, 1.54) is 12.8 Å². The van der Waals surface area contributed by atoms with Gasteiger partial charge in [-0.25, -0.2) is 4.98 Å². The van der Waals surface area contributed by atoms with Gasteiger partial charge in [0.15, 0.2) is 5.15 Å². The van der Waals surface area contributed by atoms with E-state index in [0.717, 1.165) is 18.9 Å². The van der Waals surface area contributed by atoms with Gasteiger partial charge in [0.25, 0.3) is 0 Å². The minimum Gasteiger partial charge on any atom is -0.356 e.